The van der Waals surface area contributed by atoms with Crippen LogP contribution in [-0.2, 0) is 16.1 Å². The van der Waals surface area contributed by atoms with Crippen LogP contribution in [0.25, 0.3) is 0 Å². The van der Waals surface area contributed by atoms with E-state index in [2.05, 4.69) is 5.32 Å². The van der Waals surface area contributed by atoms with Crippen LogP contribution in [0.1, 0.15) is 29.8 Å². The van der Waals surface area contributed by atoms with Crippen molar-refractivity contribution in [2.45, 2.75) is 26.5 Å². The van der Waals surface area contributed by atoms with E-state index in [9.17, 15) is 9.59 Å². The van der Waals surface area contributed by atoms with Crippen molar-refractivity contribution in [3.63, 3.8) is 0 Å². The molecular formula is C20H22ClNO5. The summed E-state index contributed by atoms with van der Waals surface area (Å²) in [6.45, 7) is 3.67. The minimum atomic E-state index is -0.679. The molecule has 0 atom stereocenters. The Morgan fingerprint density at radius 3 is 2.48 bits per heavy atom. The largest absolute Gasteiger partial charge is 0.493 e. The highest BCUT2D eigenvalue weighted by Gasteiger charge is 2.18. The zero-order chi connectivity index (χ0) is 19.8. The fourth-order valence-corrected chi connectivity index (χ4v) is 2.50. The van der Waals surface area contributed by atoms with Crippen LogP contribution in [0.15, 0.2) is 42.5 Å². The van der Waals surface area contributed by atoms with Crippen LogP contribution in [0.2, 0.25) is 5.02 Å². The molecule has 0 unspecified atom stereocenters. The Hall–Kier alpha value is -2.73. The number of hydrogen-bond donors (Lipinski definition) is 1. The Morgan fingerprint density at radius 1 is 1.15 bits per heavy atom. The fourth-order valence-electron chi connectivity index (χ4n) is 2.25. The third-order valence-electron chi connectivity index (χ3n) is 3.49. The standard InChI is InChI=1S/C20H22ClNO5/c1-13(2)27-19-16(21)9-15(10-17(19)25-3)20(24)26-12-18(23)22-11-14-7-5-4-6-8-14/h4-10,13H,11-12H2,1-3H3,(H,22,23). The summed E-state index contributed by atoms with van der Waals surface area (Å²) in [5.41, 5.74) is 1.12. The number of halogens is 1. The summed E-state index contributed by atoms with van der Waals surface area (Å²) >= 11 is 6.19. The number of hydrogen-bond acceptors (Lipinski definition) is 5. The lowest BCUT2D eigenvalue weighted by molar-refractivity contribution is -0.124. The highest BCUT2D eigenvalue weighted by Crippen LogP contribution is 2.37. The molecule has 144 valence electrons. The number of benzene rings is 2. The van der Waals surface area contributed by atoms with Gasteiger partial charge in [-0.3, -0.25) is 4.79 Å². The van der Waals surface area contributed by atoms with Gasteiger partial charge in [0.15, 0.2) is 18.1 Å². The van der Waals surface area contributed by atoms with E-state index in [1.807, 2.05) is 44.2 Å². The molecule has 2 aromatic carbocycles. The van der Waals surface area contributed by atoms with E-state index in [-0.39, 0.29) is 16.7 Å². The van der Waals surface area contributed by atoms with Gasteiger partial charge in [-0.25, -0.2) is 4.79 Å². The Kier molecular flexibility index (Phi) is 7.49. The van der Waals surface area contributed by atoms with Gasteiger partial charge in [0.05, 0.1) is 23.8 Å². The minimum absolute atomic E-state index is 0.109. The number of amides is 1. The molecule has 6 nitrogen and oxygen atoms in total. The molecular weight excluding hydrogens is 370 g/mol. The zero-order valence-corrected chi connectivity index (χ0v) is 16.2. The first-order valence-corrected chi connectivity index (χ1v) is 8.80. The van der Waals surface area contributed by atoms with Gasteiger partial charge in [-0.2, -0.15) is 0 Å². The molecule has 0 saturated carbocycles. The smallest absolute Gasteiger partial charge is 0.338 e. The average Bonchev–Trinajstić information content (AvgIpc) is 2.66. The second-order valence-electron chi connectivity index (χ2n) is 5.99. The second kappa shape index (κ2) is 9.83. The van der Waals surface area contributed by atoms with Gasteiger partial charge in [0.1, 0.15) is 0 Å². The normalized spacial score (nSPS) is 10.4. The lowest BCUT2D eigenvalue weighted by atomic mass is 10.2. The number of carbonyl (C=O) groups is 2. The van der Waals surface area contributed by atoms with Gasteiger partial charge in [0.2, 0.25) is 0 Å². The molecule has 27 heavy (non-hydrogen) atoms. The molecule has 2 rings (SSSR count). The Balaban J connectivity index is 1.95. The maximum Gasteiger partial charge on any atom is 0.338 e. The van der Waals surface area contributed by atoms with Crippen LogP contribution in [0.5, 0.6) is 11.5 Å². The molecule has 0 aliphatic heterocycles. The van der Waals surface area contributed by atoms with Gasteiger partial charge in [-0.1, -0.05) is 41.9 Å². The highest BCUT2D eigenvalue weighted by molar-refractivity contribution is 6.32. The van der Waals surface area contributed by atoms with Crippen molar-refractivity contribution in [3.8, 4) is 11.5 Å². The topological polar surface area (TPSA) is 73.9 Å². The molecule has 0 bridgehead atoms. The van der Waals surface area contributed by atoms with Crippen molar-refractivity contribution in [1.29, 1.82) is 0 Å². The average molecular weight is 392 g/mol. The lowest BCUT2D eigenvalue weighted by Gasteiger charge is -2.16. The van der Waals surface area contributed by atoms with Crippen molar-refractivity contribution < 1.29 is 23.8 Å². The summed E-state index contributed by atoms with van der Waals surface area (Å²) in [6, 6.07) is 12.3. The van der Waals surface area contributed by atoms with Gasteiger partial charge in [0, 0.05) is 6.54 Å². The van der Waals surface area contributed by atoms with Crippen LogP contribution >= 0.6 is 11.6 Å². The predicted octanol–water partition coefficient (Wildman–Crippen LogP) is 3.61. The second-order valence-corrected chi connectivity index (χ2v) is 6.40. The van der Waals surface area contributed by atoms with Gasteiger partial charge >= 0.3 is 5.97 Å². The Bertz CT molecular complexity index is 792. The summed E-state index contributed by atoms with van der Waals surface area (Å²) < 4.78 is 15.9. The number of esters is 1. The molecule has 1 N–H and O–H groups in total. The molecule has 0 radical (unpaired) electrons. The van der Waals surface area contributed by atoms with Gasteiger partial charge in [-0.15, -0.1) is 0 Å². The van der Waals surface area contributed by atoms with E-state index in [0.29, 0.717) is 18.0 Å². The molecule has 0 heterocycles. The van der Waals surface area contributed by atoms with Crippen molar-refractivity contribution in [3.05, 3.63) is 58.6 Å². The monoisotopic (exact) mass is 391 g/mol. The quantitative estimate of drug-likeness (QED) is 0.696. The van der Waals surface area contributed by atoms with Crippen LogP contribution in [-0.4, -0.2) is 31.7 Å². The molecule has 0 aliphatic rings. The number of rotatable bonds is 8. The zero-order valence-electron chi connectivity index (χ0n) is 15.5. The Morgan fingerprint density at radius 2 is 1.85 bits per heavy atom. The molecule has 0 fully saturated rings. The molecule has 1 amide bonds. The van der Waals surface area contributed by atoms with E-state index in [1.165, 1.54) is 19.2 Å². The Labute approximate surface area is 163 Å². The number of ether oxygens (including phenoxy) is 3. The first kappa shape index (κ1) is 20.6. The van der Waals surface area contributed by atoms with E-state index >= 15 is 0 Å². The predicted molar refractivity (Wildman–Crippen MR) is 102 cm³/mol. The molecule has 0 spiro atoms. The SMILES string of the molecule is COc1cc(C(=O)OCC(=O)NCc2ccccc2)cc(Cl)c1OC(C)C. The molecule has 0 aromatic heterocycles. The molecule has 7 heteroatoms. The van der Waals surface area contributed by atoms with Crippen LogP contribution in [0.3, 0.4) is 0 Å². The van der Waals surface area contributed by atoms with Crippen LogP contribution in [0.4, 0.5) is 0 Å². The van der Waals surface area contributed by atoms with Crippen molar-refractivity contribution >= 4 is 23.5 Å². The first-order valence-electron chi connectivity index (χ1n) is 8.42. The summed E-state index contributed by atoms with van der Waals surface area (Å²) in [5.74, 6) is -0.408. The van der Waals surface area contributed by atoms with Crippen molar-refractivity contribution in [1.82, 2.24) is 5.32 Å². The lowest BCUT2D eigenvalue weighted by Crippen LogP contribution is -2.28. The fraction of sp³-hybridized carbons (Fsp3) is 0.300. The third-order valence-corrected chi connectivity index (χ3v) is 3.77. The van der Waals surface area contributed by atoms with Crippen LogP contribution in [0, 0.1) is 0 Å². The van der Waals surface area contributed by atoms with E-state index in [0.717, 1.165) is 5.56 Å². The highest BCUT2D eigenvalue weighted by atomic mass is 35.5. The summed E-state index contributed by atoms with van der Waals surface area (Å²) in [6.07, 6.45) is -0.109. The summed E-state index contributed by atoms with van der Waals surface area (Å²) in [5, 5.41) is 2.91. The van der Waals surface area contributed by atoms with E-state index in [1.54, 1.807) is 0 Å². The minimum Gasteiger partial charge on any atom is -0.493 e. The molecule has 0 saturated heterocycles. The number of nitrogens with one attached hydrogen (secondary N) is 1. The number of carbonyl (C=O) groups excluding carboxylic acids is 2. The first-order chi connectivity index (χ1) is 12.9. The third kappa shape index (κ3) is 6.18. The van der Waals surface area contributed by atoms with Gasteiger partial charge in [-0.05, 0) is 31.5 Å². The van der Waals surface area contributed by atoms with E-state index in [4.69, 9.17) is 25.8 Å². The molecule has 0 aliphatic carbocycles. The van der Waals surface area contributed by atoms with Gasteiger partial charge in [0.25, 0.3) is 5.91 Å². The molecule has 2 aromatic rings. The summed E-state index contributed by atoms with van der Waals surface area (Å²) in [7, 11) is 1.45. The summed E-state index contributed by atoms with van der Waals surface area (Å²) in [4.78, 5) is 24.1. The van der Waals surface area contributed by atoms with E-state index < -0.39 is 18.5 Å². The van der Waals surface area contributed by atoms with Crippen molar-refractivity contribution in [2.24, 2.45) is 0 Å². The van der Waals surface area contributed by atoms with Gasteiger partial charge < -0.3 is 19.5 Å². The maximum absolute atomic E-state index is 12.2. The number of methoxy groups -OCH3 is 1. The van der Waals surface area contributed by atoms with Crippen molar-refractivity contribution in [2.75, 3.05) is 13.7 Å². The maximum atomic E-state index is 12.2. The van der Waals surface area contributed by atoms with Crippen LogP contribution < -0.4 is 14.8 Å².